The minimum atomic E-state index is -0.526. The Morgan fingerprint density at radius 1 is 0.972 bits per heavy atom. The predicted molar refractivity (Wildman–Crippen MR) is 137 cm³/mol. The molecule has 2 amide bonds. The van der Waals surface area contributed by atoms with Crippen LogP contribution in [-0.2, 0) is 0 Å². The van der Waals surface area contributed by atoms with E-state index in [1.807, 2.05) is 4.90 Å². The molecule has 1 aliphatic carbocycles. The number of nitrogens with one attached hydrogen (secondary N) is 3. The van der Waals surface area contributed by atoms with Gasteiger partial charge in [0.1, 0.15) is 11.5 Å². The van der Waals surface area contributed by atoms with Crippen molar-refractivity contribution < 1.29 is 9.59 Å². The van der Waals surface area contributed by atoms with E-state index in [1.54, 1.807) is 6.07 Å². The summed E-state index contributed by atoms with van der Waals surface area (Å²) < 4.78 is 0. The van der Waals surface area contributed by atoms with Crippen molar-refractivity contribution in [2.75, 3.05) is 65.4 Å². The molecule has 5 aliphatic rings. The van der Waals surface area contributed by atoms with Crippen LogP contribution in [0.4, 0.5) is 0 Å². The molecule has 2 saturated heterocycles. The van der Waals surface area contributed by atoms with E-state index in [-0.39, 0.29) is 5.91 Å². The summed E-state index contributed by atoms with van der Waals surface area (Å²) in [5.41, 5.74) is 7.49. The quantitative estimate of drug-likeness (QED) is 0.445. The molecular weight excluding hydrogens is 456 g/mol. The molecule has 4 aliphatic heterocycles. The average Bonchev–Trinajstić information content (AvgIpc) is 3.56. The van der Waals surface area contributed by atoms with E-state index in [4.69, 9.17) is 5.73 Å². The molecule has 1 aromatic heterocycles. The first-order valence-corrected chi connectivity index (χ1v) is 13.8. The zero-order chi connectivity index (χ0) is 24.6. The van der Waals surface area contributed by atoms with Gasteiger partial charge in [0.05, 0.1) is 23.3 Å². The first-order valence-electron chi connectivity index (χ1n) is 13.8. The predicted octanol–water partition coefficient (Wildman–Crippen LogP) is 0.182. The van der Waals surface area contributed by atoms with Gasteiger partial charge in [0.2, 0.25) is 5.91 Å². The minimum absolute atomic E-state index is 0.0696. The lowest BCUT2D eigenvalue weighted by atomic mass is 9.96. The number of aromatic amines is 1. The lowest BCUT2D eigenvalue weighted by molar-refractivity contribution is 0.0202. The molecule has 196 valence electrons. The van der Waals surface area contributed by atoms with Gasteiger partial charge in [0.25, 0.3) is 5.91 Å². The van der Waals surface area contributed by atoms with Gasteiger partial charge in [-0.1, -0.05) is 12.8 Å². The number of carbonyl (C=O) groups excluding carboxylic acids is 2. The highest BCUT2D eigenvalue weighted by atomic mass is 16.2. The summed E-state index contributed by atoms with van der Waals surface area (Å²) >= 11 is 0. The van der Waals surface area contributed by atoms with Crippen LogP contribution in [0, 0.1) is 5.92 Å². The van der Waals surface area contributed by atoms with Gasteiger partial charge in [-0.2, -0.15) is 0 Å². The third-order valence-electron chi connectivity index (χ3n) is 8.88. The van der Waals surface area contributed by atoms with Gasteiger partial charge in [0.15, 0.2) is 0 Å². The fourth-order valence-electron chi connectivity index (χ4n) is 6.84. The molecule has 3 fully saturated rings. The topological polar surface area (TPSA) is 113 Å². The number of hydrogen-bond acceptors (Lipinski definition) is 7. The molecule has 5 heterocycles. The molecule has 0 bridgehead atoms. The highest BCUT2D eigenvalue weighted by Gasteiger charge is 2.42. The number of rotatable bonds is 6. The molecule has 6 rings (SSSR count). The lowest BCUT2D eigenvalue weighted by Gasteiger charge is -2.53. The van der Waals surface area contributed by atoms with E-state index in [2.05, 4.69) is 30.3 Å². The van der Waals surface area contributed by atoms with Crippen LogP contribution in [0.1, 0.15) is 53.0 Å². The minimum Gasteiger partial charge on any atom is -0.370 e. The van der Waals surface area contributed by atoms with Gasteiger partial charge in [-0.3, -0.25) is 14.5 Å². The third kappa shape index (κ3) is 4.56. The van der Waals surface area contributed by atoms with Gasteiger partial charge < -0.3 is 36.1 Å². The molecule has 0 aromatic carbocycles. The summed E-state index contributed by atoms with van der Waals surface area (Å²) in [5, 5.41) is 7.23. The Balaban J connectivity index is 1.09. The Labute approximate surface area is 213 Å². The number of likely N-dealkylation sites (tertiary alicyclic amines) is 1. The summed E-state index contributed by atoms with van der Waals surface area (Å²) in [7, 11) is 0. The number of nitrogens with two attached hydrogens (primary N) is 1. The molecule has 10 nitrogen and oxygen atoms in total. The molecule has 0 spiro atoms. The van der Waals surface area contributed by atoms with E-state index in [1.165, 1.54) is 63.0 Å². The van der Waals surface area contributed by atoms with Gasteiger partial charge in [-0.05, 0) is 31.2 Å². The van der Waals surface area contributed by atoms with Crippen molar-refractivity contribution in [2.45, 2.75) is 44.2 Å². The lowest BCUT2D eigenvalue weighted by Crippen LogP contribution is -2.66. The van der Waals surface area contributed by atoms with Crippen molar-refractivity contribution in [3.8, 4) is 0 Å². The van der Waals surface area contributed by atoms with Crippen molar-refractivity contribution in [2.24, 2.45) is 11.7 Å². The summed E-state index contributed by atoms with van der Waals surface area (Å²) in [4.78, 5) is 37.0. The Kier molecular flexibility index (Phi) is 6.55. The van der Waals surface area contributed by atoms with E-state index >= 15 is 0 Å². The van der Waals surface area contributed by atoms with Gasteiger partial charge in [0, 0.05) is 71.6 Å². The second-order valence-corrected chi connectivity index (χ2v) is 11.1. The maximum Gasteiger partial charge on any atom is 0.270 e. The van der Waals surface area contributed by atoms with Crippen LogP contribution in [0.2, 0.25) is 0 Å². The molecule has 0 radical (unpaired) electrons. The van der Waals surface area contributed by atoms with Gasteiger partial charge >= 0.3 is 0 Å². The fraction of sp³-hybridized carbons (Fsp3) is 0.692. The Morgan fingerprint density at radius 3 is 2.44 bits per heavy atom. The van der Waals surface area contributed by atoms with Crippen molar-refractivity contribution in [3.63, 3.8) is 0 Å². The first kappa shape index (κ1) is 23.7. The molecule has 1 aromatic rings. The fourth-order valence-corrected chi connectivity index (χ4v) is 6.84. The largest absolute Gasteiger partial charge is 0.370 e. The first-order chi connectivity index (χ1) is 17.6. The standard InChI is InChI=1S/C26H40N8O2/c27-24(35)19-13-21(30-14-19)26(36)33-16-20(17-33)34-8-7-29-25-23(34)22(5-6-28-25)32-11-9-31(10-12-32)15-18-3-1-2-4-18/h13-14,18,20,22,28-30H,1-12,15-17H2,(H2,27,35). The molecule has 1 saturated carbocycles. The SMILES string of the molecule is NC(=O)c1c[nH]c(C(=O)N2CC(N3CCNC4=C3C(N3CCN(CC5CCCC5)CC3)CCN4)C2)c1. The molecule has 10 heteroatoms. The second kappa shape index (κ2) is 9.97. The second-order valence-electron chi connectivity index (χ2n) is 11.1. The molecule has 36 heavy (non-hydrogen) atoms. The average molecular weight is 497 g/mol. The molecular formula is C26H40N8O2. The molecule has 5 N–H and O–H groups in total. The van der Waals surface area contributed by atoms with Crippen molar-refractivity contribution in [1.29, 1.82) is 0 Å². The highest BCUT2D eigenvalue weighted by molar-refractivity contribution is 5.98. The van der Waals surface area contributed by atoms with Crippen LogP contribution in [0.3, 0.4) is 0 Å². The van der Waals surface area contributed by atoms with Gasteiger partial charge in [-0.25, -0.2) is 0 Å². The summed E-state index contributed by atoms with van der Waals surface area (Å²) in [6.07, 6.45) is 8.30. The number of hydrogen-bond donors (Lipinski definition) is 4. The zero-order valence-corrected chi connectivity index (χ0v) is 21.2. The maximum atomic E-state index is 12.9. The number of H-pyrrole nitrogens is 1. The van der Waals surface area contributed by atoms with Crippen LogP contribution in [0.25, 0.3) is 0 Å². The number of nitrogens with zero attached hydrogens (tertiary/aromatic N) is 4. The number of primary amides is 1. The summed E-state index contributed by atoms with van der Waals surface area (Å²) in [6.45, 7) is 10.2. The van der Waals surface area contributed by atoms with Crippen LogP contribution in [0.5, 0.6) is 0 Å². The molecule has 1 atom stereocenters. The van der Waals surface area contributed by atoms with Crippen molar-refractivity contribution in [3.05, 3.63) is 35.0 Å². The van der Waals surface area contributed by atoms with Crippen molar-refractivity contribution in [1.82, 2.24) is 35.2 Å². The van der Waals surface area contributed by atoms with E-state index in [0.29, 0.717) is 36.4 Å². The van der Waals surface area contributed by atoms with E-state index in [9.17, 15) is 9.59 Å². The normalized spacial score (nSPS) is 26.4. The van der Waals surface area contributed by atoms with Crippen LogP contribution in [-0.4, -0.2) is 114 Å². The number of amides is 2. The zero-order valence-electron chi connectivity index (χ0n) is 21.2. The van der Waals surface area contributed by atoms with Crippen LogP contribution >= 0.6 is 0 Å². The summed E-state index contributed by atoms with van der Waals surface area (Å²) in [5.74, 6) is 1.51. The Bertz CT molecular complexity index is 997. The third-order valence-corrected chi connectivity index (χ3v) is 8.88. The maximum absolute atomic E-state index is 12.9. The van der Waals surface area contributed by atoms with Crippen LogP contribution in [0.15, 0.2) is 23.8 Å². The van der Waals surface area contributed by atoms with Crippen LogP contribution < -0.4 is 16.4 Å². The van der Waals surface area contributed by atoms with E-state index < -0.39 is 5.91 Å². The Morgan fingerprint density at radius 2 is 1.72 bits per heavy atom. The molecule has 1 unspecified atom stereocenters. The van der Waals surface area contributed by atoms with Gasteiger partial charge in [-0.15, -0.1) is 0 Å². The van der Waals surface area contributed by atoms with E-state index in [0.717, 1.165) is 45.1 Å². The smallest absolute Gasteiger partial charge is 0.270 e. The highest BCUT2D eigenvalue weighted by Crippen LogP contribution is 2.32. The summed E-state index contributed by atoms with van der Waals surface area (Å²) in [6, 6.07) is 2.29. The monoisotopic (exact) mass is 496 g/mol. The number of aromatic nitrogens is 1. The number of piperazine rings is 1. The van der Waals surface area contributed by atoms with Crippen molar-refractivity contribution >= 4 is 11.8 Å². The number of carbonyl (C=O) groups is 2. The Hall–Kier alpha value is -2.72.